The van der Waals surface area contributed by atoms with Crippen LogP contribution in [0.5, 0.6) is 0 Å². The Bertz CT molecular complexity index is 1170. The second kappa shape index (κ2) is 5.49. The van der Waals surface area contributed by atoms with Crippen LogP contribution in [0.15, 0.2) is 73.6 Å². The lowest BCUT2D eigenvalue weighted by Crippen LogP contribution is -2.25. The molecule has 3 heterocycles. The van der Waals surface area contributed by atoms with Gasteiger partial charge in [-0.25, -0.2) is 9.13 Å². The Morgan fingerprint density at radius 1 is 0.692 bits per heavy atom. The molecule has 0 aliphatic rings. The normalized spacial score (nSPS) is 11.5. The molecule has 0 atom stereocenters. The smallest absolute Gasteiger partial charge is 0.232 e. The summed E-state index contributed by atoms with van der Waals surface area (Å²) in [4.78, 5) is 9.01. The molecule has 0 N–H and O–H groups in total. The first-order chi connectivity index (χ1) is 12.7. The molecule has 0 spiro atoms. The SMILES string of the molecule is C[n+]1cn(-c2cc(-n3c[n+](C)c4ccccc43)ncn2)c2ccccc21. The van der Waals surface area contributed by atoms with Crippen molar-refractivity contribution in [1.29, 1.82) is 0 Å². The Balaban J connectivity index is 1.72. The molecule has 5 rings (SSSR count). The van der Waals surface area contributed by atoms with Gasteiger partial charge in [0.05, 0.1) is 20.2 Å². The standard InChI is InChI=1S/C20H18N6/c1-23-13-25(17-9-5-3-7-15(17)23)19-11-20(22-12-21-19)26-14-24(2)16-8-4-6-10-18(16)26/h3-14H,1-2H3/q+2. The van der Waals surface area contributed by atoms with Crippen LogP contribution >= 0.6 is 0 Å². The molecule has 26 heavy (non-hydrogen) atoms. The molecule has 6 nitrogen and oxygen atoms in total. The molecule has 0 aliphatic carbocycles. The van der Waals surface area contributed by atoms with Crippen LogP contribution in [-0.2, 0) is 14.1 Å². The van der Waals surface area contributed by atoms with E-state index >= 15 is 0 Å². The molecule has 0 bridgehead atoms. The van der Waals surface area contributed by atoms with Gasteiger partial charge in [0.15, 0.2) is 22.1 Å². The summed E-state index contributed by atoms with van der Waals surface area (Å²) in [6, 6.07) is 18.6. The minimum atomic E-state index is 0.840. The number of rotatable bonds is 2. The molecule has 0 unspecified atom stereocenters. The molecule has 126 valence electrons. The van der Waals surface area contributed by atoms with Crippen molar-refractivity contribution in [2.45, 2.75) is 0 Å². The average Bonchev–Trinajstić information content (AvgIpc) is 3.20. The summed E-state index contributed by atoms with van der Waals surface area (Å²) in [5.41, 5.74) is 4.54. The van der Waals surface area contributed by atoms with Gasteiger partial charge in [-0.1, -0.05) is 24.3 Å². The molecule has 0 amide bonds. The molecule has 0 aliphatic heterocycles. The van der Waals surface area contributed by atoms with E-state index in [1.165, 1.54) is 0 Å². The first kappa shape index (κ1) is 14.8. The van der Waals surface area contributed by atoms with Crippen molar-refractivity contribution in [3.05, 3.63) is 73.6 Å². The van der Waals surface area contributed by atoms with Crippen LogP contribution < -0.4 is 9.13 Å². The third-order valence-electron chi connectivity index (χ3n) is 4.75. The number of hydrogen-bond acceptors (Lipinski definition) is 2. The number of benzene rings is 2. The van der Waals surface area contributed by atoms with Crippen molar-refractivity contribution < 1.29 is 9.13 Å². The predicted molar refractivity (Wildman–Crippen MR) is 98.1 cm³/mol. The summed E-state index contributed by atoms with van der Waals surface area (Å²) >= 11 is 0. The topological polar surface area (TPSA) is 43.4 Å². The minimum Gasteiger partial charge on any atom is -0.232 e. The van der Waals surface area contributed by atoms with Gasteiger partial charge in [-0.15, -0.1) is 0 Å². The molecule has 0 saturated heterocycles. The summed E-state index contributed by atoms with van der Waals surface area (Å²) in [6.45, 7) is 0. The van der Waals surface area contributed by atoms with Crippen LogP contribution in [0.1, 0.15) is 0 Å². The minimum absolute atomic E-state index is 0.840. The van der Waals surface area contributed by atoms with Crippen LogP contribution in [0.4, 0.5) is 0 Å². The molecular weight excluding hydrogens is 324 g/mol. The molecular formula is C20H18N6+2. The monoisotopic (exact) mass is 342 g/mol. The van der Waals surface area contributed by atoms with Gasteiger partial charge in [0.25, 0.3) is 12.7 Å². The average molecular weight is 342 g/mol. The Hall–Kier alpha value is -3.54. The fraction of sp³-hybridized carbons (Fsp3) is 0.100. The predicted octanol–water partition coefficient (Wildman–Crippen LogP) is 2.01. The zero-order valence-corrected chi connectivity index (χ0v) is 14.6. The molecule has 0 radical (unpaired) electrons. The maximum atomic E-state index is 4.50. The van der Waals surface area contributed by atoms with Crippen molar-refractivity contribution in [1.82, 2.24) is 19.1 Å². The van der Waals surface area contributed by atoms with Crippen LogP contribution in [0.2, 0.25) is 0 Å². The zero-order chi connectivity index (χ0) is 17.7. The van der Waals surface area contributed by atoms with Crippen molar-refractivity contribution in [2.75, 3.05) is 0 Å². The van der Waals surface area contributed by atoms with Crippen LogP contribution in [0.25, 0.3) is 33.7 Å². The van der Waals surface area contributed by atoms with E-state index in [1.807, 2.05) is 57.1 Å². The van der Waals surface area contributed by atoms with Crippen LogP contribution in [0.3, 0.4) is 0 Å². The maximum absolute atomic E-state index is 4.50. The lowest BCUT2D eigenvalue weighted by atomic mass is 10.3. The summed E-state index contributed by atoms with van der Waals surface area (Å²) in [6.07, 6.45) is 5.71. The van der Waals surface area contributed by atoms with Gasteiger partial charge in [-0.2, -0.15) is 19.1 Å². The van der Waals surface area contributed by atoms with E-state index in [4.69, 9.17) is 0 Å². The first-order valence-corrected chi connectivity index (χ1v) is 8.46. The fourth-order valence-corrected chi connectivity index (χ4v) is 3.49. The largest absolute Gasteiger partial charge is 0.251 e. The van der Waals surface area contributed by atoms with Gasteiger partial charge >= 0.3 is 0 Å². The molecule has 2 aromatic carbocycles. The highest BCUT2D eigenvalue weighted by Gasteiger charge is 2.20. The van der Waals surface area contributed by atoms with E-state index in [0.29, 0.717) is 0 Å². The van der Waals surface area contributed by atoms with Gasteiger partial charge in [-0.05, 0) is 24.3 Å². The number of imidazole rings is 2. The quantitative estimate of drug-likeness (QED) is 0.461. The summed E-state index contributed by atoms with van der Waals surface area (Å²) < 4.78 is 8.38. The van der Waals surface area contributed by atoms with E-state index in [-0.39, 0.29) is 0 Å². The molecule has 5 aromatic rings. The van der Waals surface area contributed by atoms with Gasteiger partial charge in [-0.3, -0.25) is 0 Å². The van der Waals surface area contributed by atoms with Gasteiger partial charge in [0, 0.05) is 0 Å². The molecule has 3 aromatic heterocycles. The highest BCUT2D eigenvalue weighted by Crippen LogP contribution is 2.19. The molecule has 0 saturated carbocycles. The Kier molecular flexibility index (Phi) is 3.12. The number of hydrogen-bond donors (Lipinski definition) is 0. The Morgan fingerprint density at radius 3 is 1.65 bits per heavy atom. The van der Waals surface area contributed by atoms with Crippen molar-refractivity contribution in [2.24, 2.45) is 14.1 Å². The number of nitrogens with zero attached hydrogens (tertiary/aromatic N) is 6. The van der Waals surface area contributed by atoms with Gasteiger partial charge in [0.1, 0.15) is 6.33 Å². The zero-order valence-electron chi connectivity index (χ0n) is 14.6. The number of aryl methyl sites for hydroxylation is 2. The first-order valence-electron chi connectivity index (χ1n) is 8.46. The second-order valence-corrected chi connectivity index (χ2v) is 6.40. The van der Waals surface area contributed by atoms with E-state index in [9.17, 15) is 0 Å². The lowest BCUT2D eigenvalue weighted by molar-refractivity contribution is -0.645. The van der Waals surface area contributed by atoms with Gasteiger partial charge < -0.3 is 0 Å². The van der Waals surface area contributed by atoms with E-state index in [1.54, 1.807) is 6.33 Å². The lowest BCUT2D eigenvalue weighted by Gasteiger charge is -1.99. The summed E-state index contributed by atoms with van der Waals surface area (Å²) in [5, 5.41) is 0. The number of aromatic nitrogens is 6. The Labute approximate surface area is 150 Å². The summed E-state index contributed by atoms with van der Waals surface area (Å²) in [5.74, 6) is 1.68. The van der Waals surface area contributed by atoms with Gasteiger partial charge in [0.2, 0.25) is 11.6 Å². The van der Waals surface area contributed by atoms with Crippen molar-refractivity contribution in [3.63, 3.8) is 0 Å². The van der Waals surface area contributed by atoms with Crippen molar-refractivity contribution >= 4 is 22.1 Å². The maximum Gasteiger partial charge on any atom is 0.251 e. The second-order valence-electron chi connectivity index (χ2n) is 6.40. The van der Waals surface area contributed by atoms with Crippen LogP contribution in [-0.4, -0.2) is 19.1 Å². The van der Waals surface area contributed by atoms with Crippen LogP contribution in [0, 0.1) is 0 Å². The number of para-hydroxylation sites is 4. The highest BCUT2D eigenvalue weighted by molar-refractivity contribution is 5.75. The number of fused-ring (bicyclic) bond motifs is 2. The van der Waals surface area contributed by atoms with Crippen molar-refractivity contribution in [3.8, 4) is 11.6 Å². The van der Waals surface area contributed by atoms with E-state index < -0.39 is 0 Å². The van der Waals surface area contributed by atoms with E-state index in [2.05, 4.69) is 52.5 Å². The highest BCUT2D eigenvalue weighted by atomic mass is 15.2. The Morgan fingerprint density at radius 2 is 1.15 bits per heavy atom. The summed E-state index contributed by atoms with van der Waals surface area (Å²) in [7, 11) is 4.08. The third kappa shape index (κ3) is 2.12. The molecule has 6 heteroatoms. The third-order valence-corrected chi connectivity index (χ3v) is 4.75. The fourth-order valence-electron chi connectivity index (χ4n) is 3.49. The molecule has 0 fully saturated rings. The van der Waals surface area contributed by atoms with E-state index in [0.717, 1.165) is 33.7 Å².